The summed E-state index contributed by atoms with van der Waals surface area (Å²) in [5, 5.41) is 0. The van der Waals surface area contributed by atoms with Crippen LogP contribution < -0.4 is 77.1 Å². The molecule has 0 saturated heterocycles. The quantitative estimate of drug-likeness (QED) is 0.116. The van der Waals surface area contributed by atoms with Crippen molar-refractivity contribution < 1.29 is 102 Å². The Labute approximate surface area is 394 Å². The van der Waals surface area contributed by atoms with E-state index in [0.717, 1.165) is 11.6 Å². The van der Waals surface area contributed by atoms with Gasteiger partial charge in [0.05, 0.1) is 12.4 Å². The van der Waals surface area contributed by atoms with Gasteiger partial charge in [0.25, 0.3) is 0 Å². The molecular formula is C45H54Br4Cu2N4-2. The topological polar surface area (TPSA) is 31.8 Å². The SMILES string of the molecule is CC=[N+](c1ccccn1)c1c(C(C)C)cc(-c2ccc(C)c(-c3cc(C(C)C)c([N+](=CC)c4ccccn4)c(C(C)C)c3)c2)cc1C(C)C.[Br-].[Br-].[Br-].[Br-].[Cu].[Cu]. The number of halogens is 4. The predicted molar refractivity (Wildman–Crippen MR) is 213 cm³/mol. The molecule has 0 fully saturated rings. The second-order valence-electron chi connectivity index (χ2n) is 14.3. The van der Waals surface area contributed by atoms with Gasteiger partial charge in [-0.05, 0) is 125 Å². The van der Waals surface area contributed by atoms with Crippen molar-refractivity contribution >= 4 is 35.4 Å². The molecule has 55 heavy (non-hydrogen) atoms. The van der Waals surface area contributed by atoms with Crippen LogP contribution in [-0.2, 0) is 34.1 Å². The minimum Gasteiger partial charge on any atom is -1.00 e. The molecule has 2 heterocycles. The molecule has 10 heteroatoms. The van der Waals surface area contributed by atoms with Gasteiger partial charge in [-0.3, -0.25) is 0 Å². The molecule has 0 bridgehead atoms. The summed E-state index contributed by atoms with van der Waals surface area (Å²) in [5.41, 5.74) is 14.1. The molecule has 306 valence electrons. The minimum absolute atomic E-state index is 0. The van der Waals surface area contributed by atoms with E-state index >= 15 is 0 Å². The van der Waals surface area contributed by atoms with E-state index < -0.39 is 0 Å². The molecule has 2 radical (unpaired) electrons. The van der Waals surface area contributed by atoms with E-state index in [-0.39, 0.29) is 102 Å². The zero-order chi connectivity index (χ0) is 35.4. The fourth-order valence-corrected chi connectivity index (χ4v) is 6.86. The number of hydrogen-bond acceptors (Lipinski definition) is 2. The van der Waals surface area contributed by atoms with Crippen LogP contribution in [0.3, 0.4) is 0 Å². The number of pyridine rings is 2. The maximum Gasteiger partial charge on any atom is 0.327 e. The Morgan fingerprint density at radius 2 is 0.836 bits per heavy atom. The van der Waals surface area contributed by atoms with Gasteiger partial charge in [-0.25, -0.2) is 9.15 Å². The maximum absolute atomic E-state index is 4.73. The van der Waals surface area contributed by atoms with Crippen LogP contribution in [0.5, 0.6) is 0 Å². The van der Waals surface area contributed by atoms with E-state index in [4.69, 9.17) is 9.97 Å². The molecule has 5 rings (SSSR count). The van der Waals surface area contributed by atoms with Crippen LogP contribution in [0, 0.1) is 6.92 Å². The Bertz CT molecular complexity index is 1960. The first-order valence-corrected chi connectivity index (χ1v) is 17.9. The van der Waals surface area contributed by atoms with Crippen LogP contribution in [-0.4, -0.2) is 22.4 Å². The van der Waals surface area contributed by atoms with E-state index in [2.05, 4.69) is 164 Å². The predicted octanol–water partition coefficient (Wildman–Crippen LogP) is 0.474. The molecule has 0 aliphatic carbocycles. The summed E-state index contributed by atoms with van der Waals surface area (Å²) in [7, 11) is 0. The van der Waals surface area contributed by atoms with Gasteiger partial charge in [0, 0.05) is 68.5 Å². The summed E-state index contributed by atoms with van der Waals surface area (Å²) in [5.74, 6) is 3.19. The molecule has 0 N–H and O–H groups in total. The van der Waals surface area contributed by atoms with E-state index in [9.17, 15) is 0 Å². The van der Waals surface area contributed by atoms with E-state index in [0.29, 0.717) is 23.7 Å². The summed E-state index contributed by atoms with van der Waals surface area (Å²) in [6, 6.07) is 28.9. The summed E-state index contributed by atoms with van der Waals surface area (Å²) in [4.78, 5) is 9.46. The first-order chi connectivity index (χ1) is 23.5. The van der Waals surface area contributed by atoms with Crippen molar-refractivity contribution in [3.63, 3.8) is 0 Å². The summed E-state index contributed by atoms with van der Waals surface area (Å²) in [6.45, 7) is 24.8. The molecule has 0 saturated carbocycles. The van der Waals surface area contributed by atoms with Crippen molar-refractivity contribution in [1.29, 1.82) is 0 Å². The van der Waals surface area contributed by atoms with Gasteiger partial charge in [0.2, 0.25) is 0 Å². The van der Waals surface area contributed by atoms with Gasteiger partial charge in [-0.1, -0.05) is 79.7 Å². The molecule has 0 aliphatic heterocycles. The number of aryl methyl sites for hydroxylation is 1. The second-order valence-corrected chi connectivity index (χ2v) is 14.3. The average Bonchev–Trinajstić information content (AvgIpc) is 3.09. The Morgan fingerprint density at radius 1 is 0.473 bits per heavy atom. The van der Waals surface area contributed by atoms with Crippen LogP contribution in [0.2, 0.25) is 0 Å². The van der Waals surface area contributed by atoms with Crippen LogP contribution in [0.15, 0.2) is 91.3 Å². The van der Waals surface area contributed by atoms with Crippen molar-refractivity contribution in [2.45, 2.75) is 99.8 Å². The Hall–Kier alpha value is -1.74. The van der Waals surface area contributed by atoms with Crippen molar-refractivity contribution in [2.24, 2.45) is 0 Å². The van der Waals surface area contributed by atoms with Gasteiger partial charge in [0.1, 0.15) is 23.8 Å². The number of rotatable bonds is 10. The van der Waals surface area contributed by atoms with Crippen molar-refractivity contribution in [3.8, 4) is 22.3 Å². The third kappa shape index (κ3) is 12.4. The fourth-order valence-electron chi connectivity index (χ4n) is 6.86. The Kier molecular flexibility index (Phi) is 25.1. The zero-order valence-corrected chi connectivity index (χ0v) is 41.8. The van der Waals surface area contributed by atoms with Gasteiger partial charge in [-0.15, -0.1) is 0 Å². The van der Waals surface area contributed by atoms with E-state index in [1.54, 1.807) is 0 Å². The standard InChI is InChI=1S/C45H54N4.4BrH.2Cu/c1-12-48(42-18-14-16-22-46-42)44-37(29(3)4)25-35(26-38(44)30(5)6)34-21-20-33(11)41(24-34)36-27-39(31(7)8)45(40(28-36)32(9)10)49(13-2)43-19-15-17-23-47-43;;;;;;/h12-32H,1-11H3;4*1H;;/q+2;;;;;;/p-4. The van der Waals surface area contributed by atoms with Gasteiger partial charge < -0.3 is 67.9 Å². The fraction of sp³-hybridized carbons (Fsp3) is 0.333. The van der Waals surface area contributed by atoms with Gasteiger partial charge in [-0.2, -0.15) is 0 Å². The number of aromatic nitrogens is 2. The molecule has 4 nitrogen and oxygen atoms in total. The average molecular weight is 1100 g/mol. The molecule has 0 atom stereocenters. The summed E-state index contributed by atoms with van der Waals surface area (Å²) >= 11 is 0. The van der Waals surface area contributed by atoms with E-state index in [1.165, 1.54) is 61.4 Å². The van der Waals surface area contributed by atoms with Crippen LogP contribution >= 0.6 is 0 Å². The smallest absolute Gasteiger partial charge is 0.327 e. The van der Waals surface area contributed by atoms with Gasteiger partial charge in [0.15, 0.2) is 0 Å². The van der Waals surface area contributed by atoms with Crippen molar-refractivity contribution in [3.05, 3.63) is 119 Å². The molecular weight excluding hydrogens is 1040 g/mol. The van der Waals surface area contributed by atoms with Crippen LogP contribution in [0.4, 0.5) is 23.0 Å². The Balaban J connectivity index is 0. The van der Waals surface area contributed by atoms with Crippen LogP contribution in [0.1, 0.15) is 121 Å². The molecule has 2 aromatic heterocycles. The first-order valence-electron chi connectivity index (χ1n) is 17.9. The molecule has 0 aliphatic rings. The number of nitrogens with zero attached hydrogens (tertiary/aromatic N) is 4. The monoisotopic (exact) mass is 1090 g/mol. The third-order valence-corrected chi connectivity index (χ3v) is 9.50. The third-order valence-electron chi connectivity index (χ3n) is 9.50. The van der Waals surface area contributed by atoms with Crippen molar-refractivity contribution in [1.82, 2.24) is 19.1 Å². The largest absolute Gasteiger partial charge is 1.00 e. The van der Waals surface area contributed by atoms with Crippen molar-refractivity contribution in [2.75, 3.05) is 0 Å². The summed E-state index contributed by atoms with van der Waals surface area (Å²) < 4.78 is 4.53. The summed E-state index contributed by atoms with van der Waals surface area (Å²) in [6.07, 6.45) is 8.04. The molecule has 0 amide bonds. The van der Waals surface area contributed by atoms with Crippen LogP contribution in [0.25, 0.3) is 22.3 Å². The second kappa shape index (κ2) is 24.9. The molecule has 0 spiro atoms. The number of hydrogen-bond donors (Lipinski definition) is 0. The normalized spacial score (nSPS) is 11.2. The maximum atomic E-state index is 4.73. The van der Waals surface area contributed by atoms with Gasteiger partial charge >= 0.3 is 11.6 Å². The van der Waals surface area contributed by atoms with E-state index in [1.807, 2.05) is 24.5 Å². The molecule has 0 unspecified atom stereocenters. The number of benzene rings is 3. The minimum atomic E-state index is 0. The zero-order valence-electron chi connectivity index (χ0n) is 33.5. The first kappa shape index (κ1) is 55.4. The Morgan fingerprint density at radius 3 is 1.15 bits per heavy atom. The molecule has 5 aromatic rings. The molecule has 3 aromatic carbocycles.